The minimum absolute atomic E-state index is 0.0356. The predicted molar refractivity (Wildman–Crippen MR) is 141 cm³/mol. The van der Waals surface area contributed by atoms with Crippen molar-refractivity contribution in [2.75, 3.05) is 14.2 Å². The van der Waals surface area contributed by atoms with Crippen molar-refractivity contribution in [1.29, 1.82) is 0 Å². The number of carbonyl (C=O) groups is 1. The van der Waals surface area contributed by atoms with Crippen LogP contribution in [0, 0.1) is 13.8 Å². The molecule has 0 aliphatic carbocycles. The molecule has 0 unspecified atom stereocenters. The van der Waals surface area contributed by atoms with Gasteiger partial charge in [0.15, 0.2) is 0 Å². The van der Waals surface area contributed by atoms with E-state index in [4.69, 9.17) is 9.47 Å². The molecule has 4 rings (SSSR count). The van der Waals surface area contributed by atoms with Gasteiger partial charge >= 0.3 is 5.97 Å². The largest absolute Gasteiger partial charge is 0.497 e. The van der Waals surface area contributed by atoms with E-state index in [-0.39, 0.29) is 34.7 Å². The zero-order valence-corrected chi connectivity index (χ0v) is 21.9. The number of carbonyl (C=O) groups excluding carboxylic acids is 1. The van der Waals surface area contributed by atoms with Gasteiger partial charge in [-0.3, -0.25) is 4.79 Å². The molecule has 0 radical (unpaired) electrons. The molecule has 0 aliphatic rings. The number of esters is 1. The second kappa shape index (κ2) is 10.6. The van der Waals surface area contributed by atoms with E-state index in [2.05, 4.69) is 4.98 Å². The molecule has 1 aromatic heterocycles. The predicted octanol–water partition coefficient (Wildman–Crippen LogP) is 4.33. The average molecular weight is 521 g/mol. The standard InChI is InChI=1S/C28H28N2O6S/c1-18-13-19(2)26-21(14-18)15-22(27(31)29-26)17-30(16-20-9-11-23(35-3)12-10-20)37(33,34)25-8-6-5-7-24(25)28(32)36-4/h5-15H,16-17H2,1-4H3,(H,29,31). The van der Waals surface area contributed by atoms with Crippen LogP contribution in [0.5, 0.6) is 5.75 Å². The number of ether oxygens (including phenoxy) is 2. The Morgan fingerprint density at radius 2 is 1.65 bits per heavy atom. The van der Waals surface area contributed by atoms with Gasteiger partial charge < -0.3 is 14.5 Å². The molecular formula is C28H28N2O6S. The van der Waals surface area contributed by atoms with E-state index < -0.39 is 16.0 Å². The summed E-state index contributed by atoms with van der Waals surface area (Å²) in [5, 5.41) is 0.809. The molecule has 0 saturated heterocycles. The minimum atomic E-state index is -4.24. The summed E-state index contributed by atoms with van der Waals surface area (Å²) in [4.78, 5) is 28.1. The van der Waals surface area contributed by atoms with Gasteiger partial charge in [-0.2, -0.15) is 4.31 Å². The molecule has 1 N–H and O–H groups in total. The maximum Gasteiger partial charge on any atom is 0.339 e. The summed E-state index contributed by atoms with van der Waals surface area (Å²) >= 11 is 0. The van der Waals surface area contributed by atoms with Crippen LogP contribution in [-0.4, -0.2) is 37.9 Å². The third-order valence-corrected chi connectivity index (χ3v) is 7.99. The van der Waals surface area contributed by atoms with Gasteiger partial charge in [-0.1, -0.05) is 35.9 Å². The van der Waals surface area contributed by atoms with Crippen LogP contribution >= 0.6 is 0 Å². The smallest absolute Gasteiger partial charge is 0.339 e. The number of aryl methyl sites for hydroxylation is 2. The topological polar surface area (TPSA) is 106 Å². The number of aromatic amines is 1. The third kappa shape index (κ3) is 5.42. The van der Waals surface area contributed by atoms with Crippen LogP contribution in [0.3, 0.4) is 0 Å². The van der Waals surface area contributed by atoms with Gasteiger partial charge in [0.05, 0.1) is 30.2 Å². The third-order valence-electron chi connectivity index (χ3n) is 6.15. The van der Waals surface area contributed by atoms with Gasteiger partial charge in [-0.15, -0.1) is 0 Å². The first-order valence-electron chi connectivity index (χ1n) is 11.6. The molecule has 0 spiro atoms. The number of pyridine rings is 1. The molecule has 37 heavy (non-hydrogen) atoms. The monoisotopic (exact) mass is 520 g/mol. The van der Waals surface area contributed by atoms with E-state index in [0.29, 0.717) is 16.8 Å². The van der Waals surface area contributed by atoms with Crippen LogP contribution in [0.25, 0.3) is 10.9 Å². The number of sulfonamides is 1. The summed E-state index contributed by atoms with van der Waals surface area (Å²) in [5.41, 5.74) is 3.17. The highest BCUT2D eigenvalue weighted by Crippen LogP contribution is 2.26. The summed E-state index contributed by atoms with van der Waals surface area (Å²) in [7, 11) is -1.50. The van der Waals surface area contributed by atoms with Crippen molar-refractivity contribution in [1.82, 2.24) is 9.29 Å². The van der Waals surface area contributed by atoms with Gasteiger partial charge in [-0.25, -0.2) is 13.2 Å². The van der Waals surface area contributed by atoms with Crippen molar-refractivity contribution in [3.63, 3.8) is 0 Å². The Balaban J connectivity index is 1.83. The first kappa shape index (κ1) is 26.1. The Kier molecular flexibility index (Phi) is 7.47. The Morgan fingerprint density at radius 3 is 2.32 bits per heavy atom. The maximum atomic E-state index is 14.0. The van der Waals surface area contributed by atoms with E-state index in [0.717, 1.165) is 16.5 Å². The van der Waals surface area contributed by atoms with Crippen molar-refractivity contribution in [2.45, 2.75) is 31.8 Å². The molecule has 4 aromatic rings. The maximum absolute atomic E-state index is 14.0. The number of H-pyrrole nitrogens is 1. The van der Waals surface area contributed by atoms with Crippen LogP contribution in [0.4, 0.5) is 0 Å². The quantitative estimate of drug-likeness (QED) is 0.347. The number of fused-ring (bicyclic) bond motifs is 1. The highest BCUT2D eigenvalue weighted by molar-refractivity contribution is 7.89. The molecule has 0 atom stereocenters. The molecular weight excluding hydrogens is 492 g/mol. The lowest BCUT2D eigenvalue weighted by molar-refractivity contribution is 0.0596. The number of nitrogens with zero attached hydrogens (tertiary/aromatic N) is 1. The SMILES string of the molecule is COC(=O)c1ccccc1S(=O)(=O)N(Cc1ccc(OC)cc1)Cc1cc2cc(C)cc(C)c2[nH]c1=O. The lowest BCUT2D eigenvalue weighted by Gasteiger charge is -2.23. The van der Waals surface area contributed by atoms with Crippen molar-refractivity contribution in [3.05, 3.63) is 105 Å². The molecule has 1 heterocycles. The van der Waals surface area contributed by atoms with Crippen molar-refractivity contribution < 1.29 is 22.7 Å². The van der Waals surface area contributed by atoms with E-state index >= 15 is 0 Å². The molecule has 0 fully saturated rings. The Labute approximate surface area is 215 Å². The molecule has 8 nitrogen and oxygen atoms in total. The van der Waals surface area contributed by atoms with Gasteiger partial charge in [0.1, 0.15) is 5.75 Å². The lowest BCUT2D eigenvalue weighted by Crippen LogP contribution is -2.33. The minimum Gasteiger partial charge on any atom is -0.497 e. The molecule has 0 aliphatic heterocycles. The summed E-state index contributed by atoms with van der Waals surface area (Å²) in [6.07, 6.45) is 0. The summed E-state index contributed by atoms with van der Waals surface area (Å²) in [6.45, 7) is 3.63. The zero-order valence-electron chi connectivity index (χ0n) is 21.1. The van der Waals surface area contributed by atoms with Gasteiger partial charge in [0, 0.05) is 18.7 Å². The Hall–Kier alpha value is -3.95. The van der Waals surface area contributed by atoms with Crippen LogP contribution in [-0.2, 0) is 27.8 Å². The van der Waals surface area contributed by atoms with E-state index in [1.54, 1.807) is 49.6 Å². The lowest BCUT2D eigenvalue weighted by atomic mass is 10.1. The molecule has 9 heteroatoms. The zero-order chi connectivity index (χ0) is 26.7. The molecule has 0 bridgehead atoms. The molecule has 0 amide bonds. The summed E-state index contributed by atoms with van der Waals surface area (Å²) in [6, 6.07) is 18.5. The fourth-order valence-electron chi connectivity index (χ4n) is 4.31. The van der Waals surface area contributed by atoms with Crippen LogP contribution in [0.1, 0.15) is 32.6 Å². The van der Waals surface area contributed by atoms with Gasteiger partial charge in [0.25, 0.3) is 5.56 Å². The molecule has 0 saturated carbocycles. The highest BCUT2D eigenvalue weighted by atomic mass is 32.2. The van der Waals surface area contributed by atoms with Gasteiger partial charge in [0.2, 0.25) is 10.0 Å². The van der Waals surface area contributed by atoms with Crippen LogP contribution < -0.4 is 10.3 Å². The van der Waals surface area contributed by atoms with E-state index in [9.17, 15) is 18.0 Å². The van der Waals surface area contributed by atoms with Crippen molar-refractivity contribution >= 4 is 26.9 Å². The summed E-state index contributed by atoms with van der Waals surface area (Å²) < 4.78 is 39.2. The fourth-order valence-corrected chi connectivity index (χ4v) is 5.90. The van der Waals surface area contributed by atoms with Crippen LogP contribution in [0.15, 0.2) is 76.4 Å². The average Bonchev–Trinajstić information content (AvgIpc) is 2.89. The second-order valence-electron chi connectivity index (χ2n) is 8.78. The second-order valence-corrected chi connectivity index (χ2v) is 10.7. The summed E-state index contributed by atoms with van der Waals surface area (Å²) in [5.74, 6) is -0.135. The van der Waals surface area contributed by atoms with Gasteiger partial charge in [-0.05, 0) is 66.8 Å². The number of methoxy groups -OCH3 is 2. The van der Waals surface area contributed by atoms with Crippen molar-refractivity contribution in [2.24, 2.45) is 0 Å². The fraction of sp³-hybridized carbons (Fsp3) is 0.214. The number of nitrogens with one attached hydrogen (secondary N) is 1. The van der Waals surface area contributed by atoms with E-state index in [1.807, 2.05) is 26.0 Å². The number of hydrogen-bond donors (Lipinski definition) is 1. The van der Waals surface area contributed by atoms with E-state index in [1.165, 1.54) is 23.5 Å². The number of hydrogen-bond acceptors (Lipinski definition) is 6. The highest BCUT2D eigenvalue weighted by Gasteiger charge is 2.30. The first-order valence-corrected chi connectivity index (χ1v) is 13.0. The number of rotatable bonds is 8. The number of benzene rings is 3. The van der Waals surface area contributed by atoms with Crippen LogP contribution in [0.2, 0.25) is 0 Å². The Bertz CT molecular complexity index is 1630. The number of aromatic nitrogens is 1. The van der Waals surface area contributed by atoms with Crippen molar-refractivity contribution in [3.8, 4) is 5.75 Å². The molecule has 3 aromatic carbocycles. The normalized spacial score (nSPS) is 11.6. The molecule has 192 valence electrons. The first-order chi connectivity index (χ1) is 17.6. The Morgan fingerprint density at radius 1 is 0.946 bits per heavy atom.